The van der Waals surface area contributed by atoms with Crippen LogP contribution >= 0.6 is 23.2 Å². The van der Waals surface area contributed by atoms with Gasteiger partial charge in [-0.1, -0.05) is 23.2 Å². The smallest absolute Gasteiger partial charge is 0.276 e. The van der Waals surface area contributed by atoms with Gasteiger partial charge in [-0.05, 0) is 25.1 Å². The monoisotopic (exact) mass is 412 g/mol. The SMILES string of the molecule is CC(=O)NCCC(=O)NNC(=O)COc1c(Cl)cc(Cl)c2ccc(C)nc12. The number of carbonyl (C=O) groups is 3. The fourth-order valence-electron chi connectivity index (χ4n) is 2.16. The Labute approximate surface area is 165 Å². The number of carbonyl (C=O) groups excluding carboxylic acids is 3. The van der Waals surface area contributed by atoms with Crippen molar-refractivity contribution in [1.82, 2.24) is 21.2 Å². The molecule has 2 aromatic rings. The number of aromatic nitrogens is 1. The van der Waals surface area contributed by atoms with E-state index in [1.165, 1.54) is 13.0 Å². The first-order chi connectivity index (χ1) is 12.8. The third-order valence-corrected chi connectivity index (χ3v) is 3.99. The molecule has 1 aromatic heterocycles. The van der Waals surface area contributed by atoms with Gasteiger partial charge in [0.15, 0.2) is 12.4 Å². The van der Waals surface area contributed by atoms with Crippen molar-refractivity contribution in [3.05, 3.63) is 33.9 Å². The van der Waals surface area contributed by atoms with E-state index in [-0.39, 0.29) is 29.6 Å². The van der Waals surface area contributed by atoms with E-state index in [9.17, 15) is 14.4 Å². The highest BCUT2D eigenvalue weighted by Gasteiger charge is 2.15. The molecule has 0 aliphatic carbocycles. The topological polar surface area (TPSA) is 109 Å². The second kappa shape index (κ2) is 9.38. The van der Waals surface area contributed by atoms with Crippen LogP contribution in [0.25, 0.3) is 10.9 Å². The molecule has 0 radical (unpaired) electrons. The molecule has 0 aliphatic heterocycles. The molecule has 0 spiro atoms. The fraction of sp³-hybridized carbons (Fsp3) is 0.294. The Bertz CT molecular complexity index is 889. The Morgan fingerprint density at radius 3 is 2.52 bits per heavy atom. The maximum atomic E-state index is 11.9. The van der Waals surface area contributed by atoms with Crippen LogP contribution in [0.3, 0.4) is 0 Å². The average Bonchev–Trinajstić information content (AvgIpc) is 2.59. The fourth-order valence-corrected chi connectivity index (χ4v) is 2.73. The molecule has 0 saturated carbocycles. The largest absolute Gasteiger partial charge is 0.480 e. The van der Waals surface area contributed by atoms with Crippen LogP contribution < -0.4 is 20.9 Å². The Kier molecular flexibility index (Phi) is 7.20. The van der Waals surface area contributed by atoms with Crippen LogP contribution in [0.5, 0.6) is 5.75 Å². The zero-order valence-electron chi connectivity index (χ0n) is 14.7. The molecule has 27 heavy (non-hydrogen) atoms. The normalized spacial score (nSPS) is 10.4. The van der Waals surface area contributed by atoms with Gasteiger partial charge in [-0.3, -0.25) is 25.2 Å². The Morgan fingerprint density at radius 1 is 1.11 bits per heavy atom. The number of pyridine rings is 1. The summed E-state index contributed by atoms with van der Waals surface area (Å²) in [6.07, 6.45) is 0.0254. The highest BCUT2D eigenvalue weighted by Crippen LogP contribution is 2.37. The van der Waals surface area contributed by atoms with E-state index >= 15 is 0 Å². The Hall–Kier alpha value is -2.58. The summed E-state index contributed by atoms with van der Waals surface area (Å²) in [7, 11) is 0. The summed E-state index contributed by atoms with van der Waals surface area (Å²) >= 11 is 12.3. The summed E-state index contributed by atoms with van der Waals surface area (Å²) in [5.41, 5.74) is 5.62. The molecule has 0 fully saturated rings. The minimum atomic E-state index is -0.588. The lowest BCUT2D eigenvalue weighted by atomic mass is 10.2. The molecule has 2 rings (SSSR count). The molecular formula is C17H18Cl2N4O4. The number of nitrogens with zero attached hydrogens (tertiary/aromatic N) is 1. The summed E-state index contributed by atoms with van der Waals surface area (Å²) < 4.78 is 5.49. The van der Waals surface area contributed by atoms with Crippen molar-refractivity contribution in [3.8, 4) is 5.75 Å². The van der Waals surface area contributed by atoms with Gasteiger partial charge in [-0.25, -0.2) is 4.98 Å². The van der Waals surface area contributed by atoms with E-state index in [1.807, 2.05) is 0 Å². The van der Waals surface area contributed by atoms with Crippen molar-refractivity contribution in [2.75, 3.05) is 13.2 Å². The highest BCUT2D eigenvalue weighted by molar-refractivity contribution is 6.39. The van der Waals surface area contributed by atoms with Gasteiger partial charge in [0.1, 0.15) is 5.52 Å². The maximum Gasteiger partial charge on any atom is 0.276 e. The summed E-state index contributed by atoms with van der Waals surface area (Å²) in [6, 6.07) is 5.10. The first kappa shape index (κ1) is 20.7. The molecule has 3 amide bonds. The molecule has 10 heteroatoms. The first-order valence-electron chi connectivity index (χ1n) is 7.98. The number of halogens is 2. The van der Waals surface area contributed by atoms with Gasteiger partial charge in [0.25, 0.3) is 5.91 Å². The van der Waals surface area contributed by atoms with Crippen LogP contribution in [-0.4, -0.2) is 35.9 Å². The predicted octanol–water partition coefficient (Wildman–Crippen LogP) is 1.90. The number of fused-ring (bicyclic) bond motifs is 1. The van der Waals surface area contributed by atoms with E-state index < -0.39 is 18.4 Å². The number of ether oxygens (including phenoxy) is 1. The predicted molar refractivity (Wildman–Crippen MR) is 102 cm³/mol. The van der Waals surface area contributed by atoms with Gasteiger partial charge in [-0.2, -0.15) is 0 Å². The van der Waals surface area contributed by atoms with Crippen LogP contribution in [-0.2, 0) is 14.4 Å². The summed E-state index contributed by atoms with van der Waals surface area (Å²) in [6.45, 7) is 2.93. The van der Waals surface area contributed by atoms with Gasteiger partial charge < -0.3 is 10.1 Å². The van der Waals surface area contributed by atoms with E-state index in [4.69, 9.17) is 27.9 Å². The number of hydrazine groups is 1. The van der Waals surface area contributed by atoms with Crippen LogP contribution in [0.15, 0.2) is 18.2 Å². The van der Waals surface area contributed by atoms with Gasteiger partial charge in [0.2, 0.25) is 11.8 Å². The third-order valence-electron chi connectivity index (χ3n) is 3.39. The second-order valence-electron chi connectivity index (χ2n) is 5.64. The second-order valence-corrected chi connectivity index (χ2v) is 6.45. The van der Waals surface area contributed by atoms with Crippen molar-refractivity contribution in [2.24, 2.45) is 0 Å². The lowest BCUT2D eigenvalue weighted by Gasteiger charge is -2.13. The third kappa shape index (κ3) is 5.97. The molecule has 144 valence electrons. The standard InChI is InChI=1S/C17H18Cl2N4O4/c1-9-3-4-11-12(18)7-13(19)17(16(11)21-9)27-8-15(26)23-22-14(25)5-6-20-10(2)24/h3-4,7H,5-6,8H2,1-2H3,(H,20,24)(H,22,25)(H,23,26). The number of benzene rings is 1. The molecule has 8 nitrogen and oxygen atoms in total. The molecule has 1 heterocycles. The number of nitrogens with one attached hydrogen (secondary N) is 3. The number of hydrogen-bond acceptors (Lipinski definition) is 5. The zero-order chi connectivity index (χ0) is 20.0. The van der Waals surface area contributed by atoms with Crippen LogP contribution in [0.4, 0.5) is 0 Å². The van der Waals surface area contributed by atoms with Crippen molar-refractivity contribution < 1.29 is 19.1 Å². The molecular weight excluding hydrogens is 395 g/mol. The van der Waals surface area contributed by atoms with E-state index in [1.54, 1.807) is 19.1 Å². The van der Waals surface area contributed by atoms with Crippen molar-refractivity contribution >= 4 is 51.8 Å². The molecule has 0 unspecified atom stereocenters. The van der Waals surface area contributed by atoms with Crippen LogP contribution in [0.1, 0.15) is 19.0 Å². The van der Waals surface area contributed by atoms with E-state index in [0.717, 1.165) is 5.69 Å². The Balaban J connectivity index is 1.94. The summed E-state index contributed by atoms with van der Waals surface area (Å²) in [4.78, 5) is 38.5. The van der Waals surface area contributed by atoms with Crippen molar-refractivity contribution in [3.63, 3.8) is 0 Å². The maximum absolute atomic E-state index is 11.9. The molecule has 0 saturated heterocycles. The summed E-state index contributed by atoms with van der Waals surface area (Å²) in [5, 5.41) is 3.76. The van der Waals surface area contributed by atoms with Gasteiger partial charge >= 0.3 is 0 Å². The first-order valence-corrected chi connectivity index (χ1v) is 8.73. The minimum Gasteiger partial charge on any atom is -0.480 e. The van der Waals surface area contributed by atoms with Gasteiger partial charge in [-0.15, -0.1) is 0 Å². The summed E-state index contributed by atoms with van der Waals surface area (Å²) in [5.74, 6) is -1.05. The van der Waals surface area contributed by atoms with Crippen LogP contribution in [0, 0.1) is 6.92 Å². The van der Waals surface area contributed by atoms with E-state index in [0.29, 0.717) is 15.9 Å². The Morgan fingerprint density at radius 2 is 1.81 bits per heavy atom. The molecule has 0 bridgehead atoms. The van der Waals surface area contributed by atoms with Crippen molar-refractivity contribution in [1.29, 1.82) is 0 Å². The molecule has 1 aromatic carbocycles. The number of rotatable bonds is 6. The lowest BCUT2D eigenvalue weighted by molar-refractivity contribution is -0.130. The molecule has 0 aliphatic rings. The number of amides is 3. The van der Waals surface area contributed by atoms with E-state index in [2.05, 4.69) is 21.2 Å². The zero-order valence-corrected chi connectivity index (χ0v) is 16.2. The van der Waals surface area contributed by atoms with Gasteiger partial charge in [0.05, 0.1) is 10.0 Å². The highest BCUT2D eigenvalue weighted by atomic mass is 35.5. The molecule has 3 N–H and O–H groups in total. The quantitative estimate of drug-likeness (QED) is 0.627. The number of aryl methyl sites for hydroxylation is 1. The minimum absolute atomic E-state index is 0.0254. The molecule has 0 atom stereocenters. The average molecular weight is 413 g/mol. The lowest BCUT2D eigenvalue weighted by Crippen LogP contribution is -2.44. The van der Waals surface area contributed by atoms with Gasteiger partial charge in [0, 0.05) is 31.0 Å². The van der Waals surface area contributed by atoms with Crippen molar-refractivity contribution in [2.45, 2.75) is 20.3 Å². The van der Waals surface area contributed by atoms with Crippen LogP contribution in [0.2, 0.25) is 10.0 Å². The number of hydrogen-bond donors (Lipinski definition) is 3.